The number of methoxy groups -OCH3 is 1. The molecule has 0 aliphatic heterocycles. The van der Waals surface area contributed by atoms with E-state index in [4.69, 9.17) is 9.15 Å². The van der Waals surface area contributed by atoms with Gasteiger partial charge in [0, 0.05) is 12.7 Å². The van der Waals surface area contributed by atoms with Crippen LogP contribution in [-0.4, -0.2) is 42.1 Å². The summed E-state index contributed by atoms with van der Waals surface area (Å²) in [6, 6.07) is 15.8. The summed E-state index contributed by atoms with van der Waals surface area (Å²) >= 11 is 4.86. The van der Waals surface area contributed by atoms with Crippen LogP contribution in [0.1, 0.15) is 39.8 Å². The van der Waals surface area contributed by atoms with E-state index < -0.39 is 24.0 Å². The largest absolute Gasteiger partial charge is 1.00 e. The molecule has 0 aliphatic carbocycles. The molecule has 1 heterocycles. The number of hydrogen-bond donors (Lipinski definition) is 2. The van der Waals surface area contributed by atoms with Gasteiger partial charge in [0.05, 0.1) is 0 Å². The Hall–Kier alpha value is -1.95. The maximum absolute atomic E-state index is 13.2. The van der Waals surface area contributed by atoms with Crippen LogP contribution in [0.3, 0.4) is 0 Å². The van der Waals surface area contributed by atoms with E-state index in [1.54, 1.807) is 25.3 Å². The van der Waals surface area contributed by atoms with Crippen LogP contribution in [0.5, 0.6) is 0 Å². The molecule has 0 saturated heterocycles. The molecule has 1 amide bonds. The van der Waals surface area contributed by atoms with E-state index in [-0.39, 0.29) is 18.9 Å². The van der Waals surface area contributed by atoms with Gasteiger partial charge in [-0.2, -0.15) is 11.8 Å². The molecule has 9 heteroatoms. The van der Waals surface area contributed by atoms with Gasteiger partial charge in [-0.15, -0.1) is 0 Å². The second-order valence-corrected chi connectivity index (χ2v) is 9.29. The fourth-order valence-electron chi connectivity index (χ4n) is 3.64. The number of aliphatic carboxylic acids is 1. The predicted octanol–water partition coefficient (Wildman–Crippen LogP) is 2.69. The second kappa shape index (κ2) is 13.2. The normalized spacial score (nSPS) is 12.5. The molecule has 34 heavy (non-hydrogen) atoms. The van der Waals surface area contributed by atoms with E-state index in [0.29, 0.717) is 33.7 Å². The fourth-order valence-corrected chi connectivity index (χ4v) is 4.43. The van der Waals surface area contributed by atoms with Crippen molar-refractivity contribution in [3.63, 3.8) is 0 Å². The summed E-state index contributed by atoms with van der Waals surface area (Å²) in [5.74, 6) is -0.215. The summed E-state index contributed by atoms with van der Waals surface area (Å²) in [4.78, 5) is 24.9. The SMILES string of the molecule is COC(c1ccc(C(=O)NC(CCSC)C(=O)O)c(-c2ccccc2C)c1)c1ccc(Br)o1.[Li+]. The van der Waals surface area contributed by atoms with E-state index in [1.165, 1.54) is 11.8 Å². The van der Waals surface area contributed by atoms with E-state index in [1.807, 2.05) is 49.6 Å². The molecule has 2 unspecified atom stereocenters. The van der Waals surface area contributed by atoms with Crippen molar-refractivity contribution in [2.24, 2.45) is 0 Å². The Morgan fingerprint density at radius 1 is 1.15 bits per heavy atom. The molecule has 0 bridgehead atoms. The molecule has 3 rings (SSSR count). The third-order valence-corrected chi connectivity index (χ3v) is 6.40. The average Bonchev–Trinajstić information content (AvgIpc) is 3.22. The maximum atomic E-state index is 13.2. The van der Waals surface area contributed by atoms with Crippen molar-refractivity contribution in [2.75, 3.05) is 19.1 Å². The minimum Gasteiger partial charge on any atom is -0.480 e. The number of aryl methyl sites for hydroxylation is 1. The molecule has 6 nitrogen and oxygen atoms in total. The Balaban J connectivity index is 0.00000408. The van der Waals surface area contributed by atoms with E-state index in [0.717, 1.165) is 16.7 Å². The van der Waals surface area contributed by atoms with Crippen molar-refractivity contribution in [3.8, 4) is 11.1 Å². The Bertz CT molecular complexity index is 1140. The number of furan rings is 1. The molecule has 0 fully saturated rings. The Kier molecular flexibility index (Phi) is 11.0. The number of carboxylic acid groups (broad SMARTS) is 1. The first kappa shape index (κ1) is 28.3. The van der Waals surface area contributed by atoms with Gasteiger partial charge in [-0.1, -0.05) is 30.3 Å². The minimum atomic E-state index is -1.05. The Labute approximate surface area is 224 Å². The Morgan fingerprint density at radius 2 is 1.88 bits per heavy atom. The van der Waals surface area contributed by atoms with Gasteiger partial charge in [0.15, 0.2) is 4.67 Å². The number of carboxylic acids is 1. The van der Waals surface area contributed by atoms with Crippen LogP contribution >= 0.6 is 27.7 Å². The van der Waals surface area contributed by atoms with Crippen LogP contribution < -0.4 is 24.2 Å². The van der Waals surface area contributed by atoms with Gasteiger partial charge in [0.1, 0.15) is 17.9 Å². The van der Waals surface area contributed by atoms with Gasteiger partial charge in [-0.25, -0.2) is 4.79 Å². The monoisotopic (exact) mass is 538 g/mol. The number of rotatable bonds is 10. The van der Waals surface area contributed by atoms with Crippen molar-refractivity contribution in [2.45, 2.75) is 25.5 Å². The molecule has 2 N–H and O–H groups in total. The summed E-state index contributed by atoms with van der Waals surface area (Å²) in [6.07, 6.45) is 1.78. The first-order chi connectivity index (χ1) is 15.8. The summed E-state index contributed by atoms with van der Waals surface area (Å²) in [5, 5.41) is 12.2. The molecule has 0 spiro atoms. The van der Waals surface area contributed by atoms with Gasteiger partial charge in [-0.3, -0.25) is 4.79 Å². The van der Waals surface area contributed by atoms with Crippen LogP contribution in [0, 0.1) is 6.92 Å². The van der Waals surface area contributed by atoms with Crippen LogP contribution in [0.2, 0.25) is 0 Å². The number of hydrogen-bond acceptors (Lipinski definition) is 5. The molecule has 0 aliphatic rings. The molecule has 0 radical (unpaired) electrons. The third kappa shape index (κ3) is 6.80. The molecule has 0 saturated carbocycles. The number of benzene rings is 2. The number of carbonyl (C=O) groups is 2. The fraction of sp³-hybridized carbons (Fsp3) is 0.280. The number of thioether (sulfide) groups is 1. The standard InChI is InChI=1S/C25H26BrNO5S.Li/c1-15-6-4-5-7-17(15)19-14-16(23(31-2)21-10-11-22(26)32-21)8-9-18(19)24(28)27-20(25(29)30)12-13-33-3;/h4-11,14,20,23H,12-13H2,1-3H3,(H,27,28)(H,29,30);/q;+1. The van der Waals surface area contributed by atoms with E-state index >= 15 is 0 Å². The van der Waals surface area contributed by atoms with Crippen molar-refractivity contribution in [1.29, 1.82) is 0 Å². The summed E-state index contributed by atoms with van der Waals surface area (Å²) in [7, 11) is 1.60. The van der Waals surface area contributed by atoms with Gasteiger partial charge < -0.3 is 19.6 Å². The predicted molar refractivity (Wildman–Crippen MR) is 134 cm³/mol. The Morgan fingerprint density at radius 3 is 2.47 bits per heavy atom. The van der Waals surface area contributed by atoms with Crippen molar-refractivity contribution in [1.82, 2.24) is 5.32 Å². The molecule has 174 valence electrons. The zero-order chi connectivity index (χ0) is 24.0. The minimum absolute atomic E-state index is 0. The third-order valence-electron chi connectivity index (χ3n) is 5.33. The number of carbonyl (C=O) groups excluding carboxylic acids is 1. The van der Waals surface area contributed by atoms with Crippen LogP contribution in [0.4, 0.5) is 0 Å². The molecule has 2 aromatic carbocycles. The quantitative estimate of drug-likeness (QED) is 0.386. The molecular formula is C25H26BrLiNO5S+. The van der Waals surface area contributed by atoms with E-state index in [9.17, 15) is 14.7 Å². The van der Waals surface area contributed by atoms with Crippen molar-refractivity contribution >= 4 is 39.6 Å². The first-order valence-corrected chi connectivity index (χ1v) is 12.5. The van der Waals surface area contributed by atoms with Gasteiger partial charge in [-0.05, 0) is 87.8 Å². The number of amides is 1. The topological polar surface area (TPSA) is 88.8 Å². The van der Waals surface area contributed by atoms with Crippen LogP contribution in [0.15, 0.2) is 63.7 Å². The molecule has 3 aromatic rings. The zero-order valence-electron chi connectivity index (χ0n) is 19.6. The summed E-state index contributed by atoms with van der Waals surface area (Å²) in [6.45, 7) is 1.97. The first-order valence-electron chi connectivity index (χ1n) is 10.4. The van der Waals surface area contributed by atoms with Crippen molar-refractivity contribution < 1.29 is 42.7 Å². The summed E-state index contributed by atoms with van der Waals surface area (Å²) < 4.78 is 12.0. The molecule has 2 atom stereocenters. The molecular weight excluding hydrogens is 513 g/mol. The van der Waals surface area contributed by atoms with Gasteiger partial charge in [0.2, 0.25) is 0 Å². The van der Waals surface area contributed by atoms with Crippen molar-refractivity contribution in [3.05, 3.63) is 81.7 Å². The van der Waals surface area contributed by atoms with E-state index in [2.05, 4.69) is 21.2 Å². The average molecular weight is 539 g/mol. The number of halogens is 1. The smallest absolute Gasteiger partial charge is 0.480 e. The molecule has 1 aromatic heterocycles. The number of ether oxygens (including phenoxy) is 1. The van der Waals surface area contributed by atoms with Gasteiger partial charge in [0.25, 0.3) is 5.91 Å². The maximum Gasteiger partial charge on any atom is 1.00 e. The number of nitrogens with one attached hydrogen (secondary N) is 1. The van der Waals surface area contributed by atoms with Gasteiger partial charge >= 0.3 is 24.8 Å². The zero-order valence-corrected chi connectivity index (χ0v) is 22.0. The van der Waals surface area contributed by atoms with Crippen LogP contribution in [-0.2, 0) is 9.53 Å². The second-order valence-electron chi connectivity index (χ2n) is 7.52. The van der Waals surface area contributed by atoms with Crippen LogP contribution in [0.25, 0.3) is 11.1 Å². The summed E-state index contributed by atoms with van der Waals surface area (Å²) in [5.41, 5.74) is 3.79.